The zero-order chi connectivity index (χ0) is 14.8. The van der Waals surface area contributed by atoms with E-state index in [-0.39, 0.29) is 5.97 Å². The molecule has 0 atom stereocenters. The summed E-state index contributed by atoms with van der Waals surface area (Å²) < 4.78 is 15.9. The highest BCUT2D eigenvalue weighted by molar-refractivity contribution is 5.87. The molecule has 0 aliphatic carbocycles. The van der Waals surface area contributed by atoms with Gasteiger partial charge in [0.2, 0.25) is 0 Å². The number of benzene rings is 1. The first-order chi connectivity index (χ1) is 9.71. The predicted octanol–water partition coefficient (Wildman–Crippen LogP) is 3.45. The SMILES string of the molecule is CCCOc1ccc(/C=C/C(=O)OC)cc1OCCC. The van der Waals surface area contributed by atoms with Crippen molar-refractivity contribution in [3.8, 4) is 11.5 Å². The van der Waals surface area contributed by atoms with Gasteiger partial charge in [-0.1, -0.05) is 19.9 Å². The van der Waals surface area contributed by atoms with Gasteiger partial charge in [-0.15, -0.1) is 0 Å². The molecule has 0 saturated carbocycles. The molecule has 4 heteroatoms. The Morgan fingerprint density at radius 3 is 2.35 bits per heavy atom. The molecule has 0 heterocycles. The monoisotopic (exact) mass is 278 g/mol. The maximum Gasteiger partial charge on any atom is 0.330 e. The molecule has 0 aliphatic heterocycles. The van der Waals surface area contributed by atoms with E-state index in [9.17, 15) is 4.79 Å². The Bertz CT molecular complexity index is 452. The average molecular weight is 278 g/mol. The van der Waals surface area contributed by atoms with Crippen LogP contribution in [0.5, 0.6) is 11.5 Å². The molecule has 0 bridgehead atoms. The summed E-state index contributed by atoms with van der Waals surface area (Å²) in [7, 11) is 1.35. The maximum absolute atomic E-state index is 11.1. The van der Waals surface area contributed by atoms with Gasteiger partial charge in [0.1, 0.15) is 0 Å². The third-order valence-corrected chi connectivity index (χ3v) is 2.50. The van der Waals surface area contributed by atoms with Crippen LogP contribution in [0.2, 0.25) is 0 Å². The van der Waals surface area contributed by atoms with Gasteiger partial charge in [-0.25, -0.2) is 4.79 Å². The van der Waals surface area contributed by atoms with E-state index in [1.165, 1.54) is 13.2 Å². The van der Waals surface area contributed by atoms with Gasteiger partial charge in [0.25, 0.3) is 0 Å². The fourth-order valence-corrected chi connectivity index (χ4v) is 1.52. The van der Waals surface area contributed by atoms with Crippen LogP contribution in [-0.4, -0.2) is 26.3 Å². The lowest BCUT2D eigenvalue weighted by Gasteiger charge is -2.12. The first-order valence-electron chi connectivity index (χ1n) is 6.87. The molecule has 20 heavy (non-hydrogen) atoms. The average Bonchev–Trinajstić information content (AvgIpc) is 2.49. The van der Waals surface area contributed by atoms with Gasteiger partial charge in [-0.05, 0) is 36.6 Å². The minimum absolute atomic E-state index is 0.382. The van der Waals surface area contributed by atoms with Crippen molar-refractivity contribution in [2.24, 2.45) is 0 Å². The summed E-state index contributed by atoms with van der Waals surface area (Å²) in [5.41, 5.74) is 0.866. The van der Waals surface area contributed by atoms with Crippen molar-refractivity contribution >= 4 is 12.0 Å². The summed E-state index contributed by atoms with van der Waals surface area (Å²) in [6.45, 7) is 5.39. The topological polar surface area (TPSA) is 44.8 Å². The highest BCUT2D eigenvalue weighted by atomic mass is 16.5. The van der Waals surface area contributed by atoms with Gasteiger partial charge < -0.3 is 14.2 Å². The summed E-state index contributed by atoms with van der Waals surface area (Å²) >= 11 is 0. The van der Waals surface area contributed by atoms with Gasteiger partial charge in [0.05, 0.1) is 20.3 Å². The minimum Gasteiger partial charge on any atom is -0.490 e. The number of hydrogen-bond acceptors (Lipinski definition) is 4. The molecule has 0 radical (unpaired) electrons. The zero-order valence-electron chi connectivity index (χ0n) is 12.3. The standard InChI is InChI=1S/C16H22O4/c1-4-10-19-14-8-6-13(7-9-16(17)18-3)12-15(14)20-11-5-2/h6-9,12H,4-5,10-11H2,1-3H3/b9-7+. The molecular weight excluding hydrogens is 256 g/mol. The van der Waals surface area contributed by atoms with Gasteiger partial charge in [0.15, 0.2) is 11.5 Å². The smallest absolute Gasteiger partial charge is 0.330 e. The highest BCUT2D eigenvalue weighted by Gasteiger charge is 2.06. The van der Waals surface area contributed by atoms with Crippen LogP contribution in [0, 0.1) is 0 Å². The van der Waals surface area contributed by atoms with E-state index in [1.807, 2.05) is 25.1 Å². The van der Waals surface area contributed by atoms with E-state index in [0.717, 1.165) is 24.2 Å². The van der Waals surface area contributed by atoms with Crippen LogP contribution in [0.25, 0.3) is 6.08 Å². The van der Waals surface area contributed by atoms with Crippen LogP contribution in [0.4, 0.5) is 0 Å². The Kier molecular flexibility index (Phi) is 7.25. The molecule has 0 unspecified atom stereocenters. The minimum atomic E-state index is -0.382. The van der Waals surface area contributed by atoms with E-state index in [1.54, 1.807) is 6.08 Å². The van der Waals surface area contributed by atoms with Crippen LogP contribution in [0.3, 0.4) is 0 Å². The molecule has 0 spiro atoms. The molecule has 0 aromatic heterocycles. The molecule has 0 saturated heterocycles. The Balaban J connectivity index is 2.88. The van der Waals surface area contributed by atoms with Gasteiger partial charge in [-0.2, -0.15) is 0 Å². The van der Waals surface area contributed by atoms with Crippen LogP contribution >= 0.6 is 0 Å². The first kappa shape index (κ1) is 16.1. The number of carbonyl (C=O) groups excluding carboxylic acids is 1. The second-order valence-corrected chi connectivity index (χ2v) is 4.26. The molecule has 4 nitrogen and oxygen atoms in total. The molecule has 110 valence electrons. The van der Waals surface area contributed by atoms with Crippen LogP contribution < -0.4 is 9.47 Å². The number of carbonyl (C=O) groups is 1. The quantitative estimate of drug-likeness (QED) is 0.539. The summed E-state index contributed by atoms with van der Waals surface area (Å²) in [5.74, 6) is 1.05. The van der Waals surface area contributed by atoms with Crippen molar-refractivity contribution in [2.75, 3.05) is 20.3 Å². The van der Waals surface area contributed by atoms with E-state index in [4.69, 9.17) is 9.47 Å². The lowest BCUT2D eigenvalue weighted by molar-refractivity contribution is -0.134. The molecule has 1 aromatic rings. The Labute approximate surface area is 120 Å². The molecule has 1 aromatic carbocycles. The molecule has 0 N–H and O–H groups in total. The summed E-state index contributed by atoms with van der Waals surface area (Å²) in [4.78, 5) is 11.1. The Morgan fingerprint density at radius 1 is 1.10 bits per heavy atom. The van der Waals surface area contributed by atoms with Crippen molar-refractivity contribution in [3.05, 3.63) is 29.8 Å². The number of methoxy groups -OCH3 is 1. The lowest BCUT2D eigenvalue weighted by Crippen LogP contribution is -2.01. The van der Waals surface area contributed by atoms with Crippen molar-refractivity contribution in [1.29, 1.82) is 0 Å². The first-order valence-corrected chi connectivity index (χ1v) is 6.87. The van der Waals surface area contributed by atoms with Gasteiger partial charge in [0, 0.05) is 6.08 Å². The molecule has 0 amide bonds. The second kappa shape index (κ2) is 9.02. The van der Waals surface area contributed by atoms with E-state index in [0.29, 0.717) is 19.0 Å². The normalized spacial score (nSPS) is 10.6. The molecule has 0 fully saturated rings. The molecule has 0 aliphatic rings. The zero-order valence-corrected chi connectivity index (χ0v) is 12.3. The third-order valence-electron chi connectivity index (χ3n) is 2.50. The molecule has 1 rings (SSSR count). The predicted molar refractivity (Wildman–Crippen MR) is 79.1 cm³/mol. The van der Waals surface area contributed by atoms with Crippen molar-refractivity contribution in [3.63, 3.8) is 0 Å². The van der Waals surface area contributed by atoms with Crippen LogP contribution in [-0.2, 0) is 9.53 Å². The maximum atomic E-state index is 11.1. The third kappa shape index (κ3) is 5.34. The van der Waals surface area contributed by atoms with Crippen molar-refractivity contribution in [1.82, 2.24) is 0 Å². The number of esters is 1. The van der Waals surface area contributed by atoms with Gasteiger partial charge in [-0.3, -0.25) is 0 Å². The summed E-state index contributed by atoms with van der Waals surface area (Å²) in [6.07, 6.45) is 4.94. The highest BCUT2D eigenvalue weighted by Crippen LogP contribution is 2.29. The van der Waals surface area contributed by atoms with E-state index in [2.05, 4.69) is 11.7 Å². The fraction of sp³-hybridized carbons (Fsp3) is 0.438. The lowest BCUT2D eigenvalue weighted by atomic mass is 10.2. The fourth-order valence-electron chi connectivity index (χ4n) is 1.52. The second-order valence-electron chi connectivity index (χ2n) is 4.26. The Hall–Kier alpha value is -1.97. The number of ether oxygens (including phenoxy) is 3. The largest absolute Gasteiger partial charge is 0.490 e. The van der Waals surface area contributed by atoms with Crippen LogP contribution in [0.1, 0.15) is 32.3 Å². The van der Waals surface area contributed by atoms with E-state index >= 15 is 0 Å². The van der Waals surface area contributed by atoms with E-state index < -0.39 is 0 Å². The Morgan fingerprint density at radius 2 is 1.75 bits per heavy atom. The summed E-state index contributed by atoms with van der Waals surface area (Å²) in [6, 6.07) is 5.60. The summed E-state index contributed by atoms with van der Waals surface area (Å²) in [5, 5.41) is 0. The van der Waals surface area contributed by atoms with Gasteiger partial charge >= 0.3 is 5.97 Å². The number of hydrogen-bond donors (Lipinski definition) is 0. The van der Waals surface area contributed by atoms with Crippen molar-refractivity contribution in [2.45, 2.75) is 26.7 Å². The van der Waals surface area contributed by atoms with Crippen molar-refractivity contribution < 1.29 is 19.0 Å². The molecular formula is C16H22O4. The number of rotatable bonds is 8. The van der Waals surface area contributed by atoms with Crippen LogP contribution in [0.15, 0.2) is 24.3 Å².